The van der Waals surface area contributed by atoms with Gasteiger partial charge in [0, 0.05) is 29.8 Å². The molecule has 1 aromatic rings. The second kappa shape index (κ2) is 11.0. The summed E-state index contributed by atoms with van der Waals surface area (Å²) in [6, 6.07) is 3.37. The monoisotopic (exact) mass is 454 g/mol. The lowest BCUT2D eigenvalue weighted by Gasteiger charge is -2.34. The number of piperidine rings is 1. The third-order valence-electron chi connectivity index (χ3n) is 4.26. The molecule has 0 radical (unpaired) electrons. The van der Waals surface area contributed by atoms with Gasteiger partial charge in [-0.05, 0) is 47.8 Å². The van der Waals surface area contributed by atoms with E-state index in [-0.39, 0.29) is 54.5 Å². The Morgan fingerprint density at radius 2 is 2.04 bits per heavy atom. The highest BCUT2D eigenvalue weighted by atomic mass is 79.9. The predicted molar refractivity (Wildman–Crippen MR) is 107 cm³/mol. The molecule has 3 unspecified atom stereocenters. The third-order valence-corrected chi connectivity index (χ3v) is 4.73. The molecule has 1 aromatic heterocycles. The van der Waals surface area contributed by atoms with Gasteiger partial charge in [0.2, 0.25) is 11.8 Å². The maximum atomic E-state index is 12.4. The van der Waals surface area contributed by atoms with Crippen LogP contribution in [0.5, 0.6) is 0 Å². The number of carbonyl (C=O) groups is 2. The minimum Gasteiger partial charge on any atom is -0.342 e. The lowest BCUT2D eigenvalue weighted by molar-refractivity contribution is -0.138. The molecule has 1 saturated heterocycles. The number of hydrogen-bond acceptors (Lipinski definition) is 4. The molecule has 3 atom stereocenters. The van der Waals surface area contributed by atoms with Gasteiger partial charge in [0.1, 0.15) is 5.82 Å². The minimum absolute atomic E-state index is 0. The number of hydrogen-bond donors (Lipinski definition) is 2. The van der Waals surface area contributed by atoms with Gasteiger partial charge in [-0.2, -0.15) is 0 Å². The van der Waals surface area contributed by atoms with Crippen molar-refractivity contribution in [2.75, 3.05) is 18.4 Å². The van der Waals surface area contributed by atoms with E-state index in [1.54, 1.807) is 17.2 Å². The fourth-order valence-corrected chi connectivity index (χ4v) is 2.82. The van der Waals surface area contributed by atoms with Crippen molar-refractivity contribution in [3.63, 3.8) is 0 Å². The Morgan fingerprint density at radius 1 is 1.36 bits per heavy atom. The van der Waals surface area contributed by atoms with Crippen LogP contribution in [0.3, 0.4) is 0 Å². The maximum absolute atomic E-state index is 12.4. The Labute approximate surface area is 169 Å². The fraction of sp³-hybridized carbons (Fsp3) is 0.562. The van der Waals surface area contributed by atoms with Gasteiger partial charge in [0.15, 0.2) is 0 Å². The summed E-state index contributed by atoms with van der Waals surface area (Å²) in [5.41, 5.74) is 5.81. The molecule has 0 aliphatic carbocycles. The number of amides is 2. The van der Waals surface area contributed by atoms with Crippen molar-refractivity contribution in [3.8, 4) is 0 Å². The summed E-state index contributed by atoms with van der Waals surface area (Å²) in [6.45, 7) is 4.80. The van der Waals surface area contributed by atoms with E-state index in [4.69, 9.17) is 5.73 Å². The van der Waals surface area contributed by atoms with E-state index in [0.717, 1.165) is 17.3 Å². The van der Waals surface area contributed by atoms with Gasteiger partial charge < -0.3 is 16.0 Å². The number of pyridine rings is 1. The largest absolute Gasteiger partial charge is 0.342 e. The number of likely N-dealkylation sites (tertiary alicyclic amines) is 1. The van der Waals surface area contributed by atoms with Gasteiger partial charge in [-0.1, -0.05) is 6.92 Å². The molecule has 1 aliphatic rings. The quantitative estimate of drug-likeness (QED) is 0.730. The zero-order valence-electron chi connectivity index (χ0n) is 14.3. The van der Waals surface area contributed by atoms with Crippen molar-refractivity contribution in [2.45, 2.75) is 32.7 Å². The van der Waals surface area contributed by atoms with E-state index in [1.807, 2.05) is 19.9 Å². The summed E-state index contributed by atoms with van der Waals surface area (Å²) in [4.78, 5) is 30.7. The predicted octanol–water partition coefficient (Wildman–Crippen LogP) is 2.85. The molecule has 25 heavy (non-hydrogen) atoms. The topological polar surface area (TPSA) is 88.3 Å². The van der Waals surface area contributed by atoms with Crippen LogP contribution in [0.2, 0.25) is 0 Å². The van der Waals surface area contributed by atoms with Crippen LogP contribution in [0, 0.1) is 11.8 Å². The van der Waals surface area contributed by atoms with Gasteiger partial charge in [0.25, 0.3) is 0 Å². The third kappa shape index (κ3) is 6.73. The summed E-state index contributed by atoms with van der Waals surface area (Å²) in [6.07, 6.45) is 3.23. The first kappa shape index (κ1) is 24.1. The van der Waals surface area contributed by atoms with Gasteiger partial charge >= 0.3 is 0 Å². The van der Waals surface area contributed by atoms with Crippen molar-refractivity contribution >= 4 is 58.4 Å². The van der Waals surface area contributed by atoms with Crippen molar-refractivity contribution < 1.29 is 9.59 Å². The molecule has 0 bridgehead atoms. The Kier molecular flexibility index (Phi) is 10.6. The van der Waals surface area contributed by atoms with Crippen LogP contribution in [0.1, 0.15) is 26.7 Å². The molecule has 0 saturated carbocycles. The van der Waals surface area contributed by atoms with Gasteiger partial charge in [0.05, 0.1) is 11.8 Å². The van der Waals surface area contributed by atoms with Crippen LogP contribution in [-0.4, -0.2) is 40.8 Å². The molecule has 0 spiro atoms. The van der Waals surface area contributed by atoms with Crippen LogP contribution >= 0.6 is 40.7 Å². The highest BCUT2D eigenvalue weighted by Gasteiger charge is 2.31. The van der Waals surface area contributed by atoms with Gasteiger partial charge in [-0.25, -0.2) is 4.98 Å². The summed E-state index contributed by atoms with van der Waals surface area (Å²) in [7, 11) is 0. The highest BCUT2D eigenvalue weighted by molar-refractivity contribution is 9.10. The number of aromatic nitrogens is 1. The number of nitrogens with zero attached hydrogens (tertiary/aromatic N) is 2. The summed E-state index contributed by atoms with van der Waals surface area (Å²) in [5, 5.41) is 2.82. The molecule has 9 heteroatoms. The molecule has 2 amide bonds. The number of nitrogens with one attached hydrogen (secondary N) is 1. The van der Waals surface area contributed by atoms with E-state index in [2.05, 4.69) is 26.2 Å². The molecule has 3 N–H and O–H groups in total. The molecular weight excluding hydrogens is 431 g/mol. The Bertz CT molecular complexity index is 572. The van der Waals surface area contributed by atoms with Crippen LogP contribution in [0.15, 0.2) is 22.8 Å². The van der Waals surface area contributed by atoms with Gasteiger partial charge in [-0.3, -0.25) is 9.59 Å². The van der Waals surface area contributed by atoms with Crippen molar-refractivity contribution in [2.24, 2.45) is 17.6 Å². The molecule has 0 aromatic carbocycles. The summed E-state index contributed by atoms with van der Waals surface area (Å²) in [5.74, 6) is 0.0130. The fourth-order valence-electron chi connectivity index (χ4n) is 2.58. The first-order valence-electron chi connectivity index (χ1n) is 7.85. The number of rotatable bonds is 4. The van der Waals surface area contributed by atoms with Gasteiger partial charge in [-0.15, -0.1) is 24.8 Å². The second-order valence-corrected chi connectivity index (χ2v) is 7.04. The van der Waals surface area contributed by atoms with Crippen LogP contribution in [0.4, 0.5) is 5.82 Å². The normalized spacial score (nSPS) is 19.0. The average molecular weight is 456 g/mol. The SMILES string of the molecule is CC(N)C(C)C(=O)N1CCCC(C(=O)Nc2ccc(Br)cn2)C1.Cl.Cl. The first-order valence-corrected chi connectivity index (χ1v) is 8.64. The first-order chi connectivity index (χ1) is 10.9. The molecule has 1 aliphatic heterocycles. The smallest absolute Gasteiger partial charge is 0.230 e. The van der Waals surface area contributed by atoms with Crippen LogP contribution in [-0.2, 0) is 9.59 Å². The molecule has 6 nitrogen and oxygen atoms in total. The Hall–Kier alpha value is -0.890. The molecule has 142 valence electrons. The van der Waals surface area contributed by atoms with E-state index in [0.29, 0.717) is 18.9 Å². The second-order valence-electron chi connectivity index (χ2n) is 6.12. The summed E-state index contributed by atoms with van der Waals surface area (Å²) < 4.78 is 0.856. The van der Waals surface area contributed by atoms with E-state index in [9.17, 15) is 9.59 Å². The van der Waals surface area contributed by atoms with Crippen LogP contribution < -0.4 is 11.1 Å². The van der Waals surface area contributed by atoms with Crippen LogP contribution in [0.25, 0.3) is 0 Å². The number of anilines is 1. The minimum atomic E-state index is -0.232. The van der Waals surface area contributed by atoms with Crippen molar-refractivity contribution in [1.29, 1.82) is 0 Å². The summed E-state index contributed by atoms with van der Waals surface area (Å²) >= 11 is 3.31. The zero-order chi connectivity index (χ0) is 17.0. The molecule has 1 fully saturated rings. The lowest BCUT2D eigenvalue weighted by Crippen LogP contribution is -2.48. The standard InChI is InChI=1S/C16H23BrN4O2.2ClH/c1-10(11(2)18)16(23)21-7-3-4-12(9-21)15(22)20-14-6-5-13(17)8-19-14;;/h5-6,8,10-12H,3-4,7,9,18H2,1-2H3,(H,19,20,22);2*1H. The lowest BCUT2D eigenvalue weighted by atomic mass is 9.94. The van der Waals surface area contributed by atoms with Crippen molar-refractivity contribution in [3.05, 3.63) is 22.8 Å². The van der Waals surface area contributed by atoms with E-state index in [1.165, 1.54) is 0 Å². The zero-order valence-corrected chi connectivity index (χ0v) is 17.5. The highest BCUT2D eigenvalue weighted by Crippen LogP contribution is 2.21. The number of halogens is 3. The Morgan fingerprint density at radius 3 is 2.60 bits per heavy atom. The number of nitrogens with two attached hydrogens (primary N) is 1. The van der Waals surface area contributed by atoms with Crippen molar-refractivity contribution in [1.82, 2.24) is 9.88 Å². The number of carbonyl (C=O) groups excluding carboxylic acids is 2. The van der Waals surface area contributed by atoms with E-state index >= 15 is 0 Å². The molecule has 2 rings (SSSR count). The molecular formula is C16H25BrCl2N4O2. The maximum Gasteiger partial charge on any atom is 0.230 e. The average Bonchev–Trinajstić information content (AvgIpc) is 2.55. The van der Waals surface area contributed by atoms with E-state index < -0.39 is 0 Å². The molecule has 2 heterocycles. The Balaban J connectivity index is 0.00000288.